The standard InChI is InChI=1S/C17H25N3O2/c1-11(2)18-17(22)20-16(21)12(3)19-15-10-6-8-13-7-4-5-9-14(13)15/h6,8,10-12,19H,4-5,7,9H2,1-3H3,(H2,18,20,21,22). The van der Waals surface area contributed by atoms with Gasteiger partial charge in [-0.15, -0.1) is 0 Å². The van der Waals surface area contributed by atoms with Crippen LogP contribution in [0.2, 0.25) is 0 Å². The molecule has 3 amide bonds. The molecule has 0 radical (unpaired) electrons. The summed E-state index contributed by atoms with van der Waals surface area (Å²) in [6.07, 6.45) is 4.55. The monoisotopic (exact) mass is 303 g/mol. The van der Waals surface area contributed by atoms with Crippen LogP contribution in [-0.4, -0.2) is 24.0 Å². The smallest absolute Gasteiger partial charge is 0.321 e. The van der Waals surface area contributed by atoms with E-state index < -0.39 is 12.1 Å². The van der Waals surface area contributed by atoms with E-state index in [0.29, 0.717) is 0 Å². The van der Waals surface area contributed by atoms with Gasteiger partial charge in [0, 0.05) is 11.7 Å². The fourth-order valence-electron chi connectivity index (χ4n) is 2.73. The molecule has 0 spiro atoms. The lowest BCUT2D eigenvalue weighted by Gasteiger charge is -2.22. The number of rotatable bonds is 4. The third kappa shape index (κ3) is 4.23. The Kier molecular flexibility index (Phi) is 5.41. The quantitative estimate of drug-likeness (QED) is 0.800. The molecular formula is C17H25N3O2. The maximum atomic E-state index is 12.1. The van der Waals surface area contributed by atoms with Gasteiger partial charge in [0.2, 0.25) is 5.91 Å². The molecule has 0 saturated heterocycles. The van der Waals surface area contributed by atoms with Crippen molar-refractivity contribution in [2.75, 3.05) is 5.32 Å². The molecule has 0 heterocycles. The Bertz CT molecular complexity index is 555. The highest BCUT2D eigenvalue weighted by molar-refractivity contribution is 5.98. The van der Waals surface area contributed by atoms with E-state index in [1.807, 2.05) is 26.0 Å². The third-order valence-electron chi connectivity index (χ3n) is 3.82. The fraction of sp³-hybridized carbons (Fsp3) is 0.529. The summed E-state index contributed by atoms with van der Waals surface area (Å²) in [4.78, 5) is 23.7. The lowest BCUT2D eigenvalue weighted by molar-refractivity contribution is -0.120. The summed E-state index contributed by atoms with van der Waals surface area (Å²) in [5.74, 6) is -0.327. The minimum atomic E-state index is -0.466. The van der Waals surface area contributed by atoms with Crippen LogP contribution in [0.4, 0.5) is 10.5 Å². The minimum absolute atomic E-state index is 0.00259. The topological polar surface area (TPSA) is 70.2 Å². The van der Waals surface area contributed by atoms with E-state index in [1.54, 1.807) is 6.92 Å². The van der Waals surface area contributed by atoms with Crippen LogP contribution < -0.4 is 16.0 Å². The van der Waals surface area contributed by atoms with Gasteiger partial charge in [-0.2, -0.15) is 0 Å². The summed E-state index contributed by atoms with van der Waals surface area (Å²) < 4.78 is 0. The van der Waals surface area contributed by atoms with E-state index in [1.165, 1.54) is 24.0 Å². The molecule has 22 heavy (non-hydrogen) atoms. The van der Waals surface area contributed by atoms with Crippen molar-refractivity contribution in [3.8, 4) is 0 Å². The summed E-state index contributed by atoms with van der Waals surface area (Å²) in [5.41, 5.74) is 3.67. The van der Waals surface area contributed by atoms with Gasteiger partial charge >= 0.3 is 6.03 Å². The number of urea groups is 1. The van der Waals surface area contributed by atoms with Crippen molar-refractivity contribution in [1.82, 2.24) is 10.6 Å². The Labute approximate surface area is 131 Å². The zero-order valence-electron chi connectivity index (χ0n) is 13.5. The first-order chi connectivity index (χ1) is 10.5. The van der Waals surface area contributed by atoms with E-state index >= 15 is 0 Å². The highest BCUT2D eigenvalue weighted by Gasteiger charge is 2.19. The van der Waals surface area contributed by atoms with E-state index in [-0.39, 0.29) is 11.9 Å². The zero-order chi connectivity index (χ0) is 16.1. The number of benzene rings is 1. The second kappa shape index (κ2) is 7.29. The second-order valence-electron chi connectivity index (χ2n) is 6.13. The first kappa shape index (κ1) is 16.3. The maximum Gasteiger partial charge on any atom is 0.321 e. The molecule has 1 aromatic carbocycles. The highest BCUT2D eigenvalue weighted by Crippen LogP contribution is 2.28. The number of amides is 3. The molecule has 1 atom stereocenters. The first-order valence-corrected chi connectivity index (χ1v) is 7.96. The van der Waals surface area contributed by atoms with Crippen molar-refractivity contribution in [3.63, 3.8) is 0 Å². The molecule has 1 aliphatic carbocycles. The van der Waals surface area contributed by atoms with Gasteiger partial charge in [-0.05, 0) is 63.6 Å². The molecule has 1 aliphatic rings. The number of nitrogens with one attached hydrogen (secondary N) is 3. The number of carbonyl (C=O) groups is 2. The van der Waals surface area contributed by atoms with E-state index in [9.17, 15) is 9.59 Å². The summed E-state index contributed by atoms with van der Waals surface area (Å²) in [6, 6.07) is 5.25. The van der Waals surface area contributed by atoms with Crippen molar-refractivity contribution in [3.05, 3.63) is 29.3 Å². The van der Waals surface area contributed by atoms with Crippen LogP contribution in [-0.2, 0) is 17.6 Å². The molecule has 120 valence electrons. The van der Waals surface area contributed by atoms with Crippen LogP contribution in [0.25, 0.3) is 0 Å². The number of hydrogen-bond acceptors (Lipinski definition) is 3. The van der Waals surface area contributed by atoms with Crippen molar-refractivity contribution < 1.29 is 9.59 Å². The van der Waals surface area contributed by atoms with Gasteiger partial charge in [-0.1, -0.05) is 12.1 Å². The van der Waals surface area contributed by atoms with Crippen LogP contribution in [0.15, 0.2) is 18.2 Å². The lowest BCUT2D eigenvalue weighted by Crippen LogP contribution is -2.47. The molecule has 0 aliphatic heterocycles. The molecule has 2 rings (SSSR count). The van der Waals surface area contributed by atoms with Gasteiger partial charge in [0.15, 0.2) is 0 Å². The average molecular weight is 303 g/mol. The highest BCUT2D eigenvalue weighted by atomic mass is 16.2. The van der Waals surface area contributed by atoms with Gasteiger partial charge in [0.1, 0.15) is 6.04 Å². The van der Waals surface area contributed by atoms with Gasteiger partial charge < -0.3 is 10.6 Å². The zero-order valence-corrected chi connectivity index (χ0v) is 13.5. The van der Waals surface area contributed by atoms with Crippen molar-refractivity contribution in [2.24, 2.45) is 0 Å². The van der Waals surface area contributed by atoms with E-state index in [0.717, 1.165) is 18.5 Å². The maximum absolute atomic E-state index is 12.1. The molecule has 0 fully saturated rings. The molecule has 0 bridgehead atoms. The molecule has 1 aromatic rings. The third-order valence-corrected chi connectivity index (χ3v) is 3.82. The van der Waals surface area contributed by atoms with Gasteiger partial charge in [-0.25, -0.2) is 4.79 Å². The van der Waals surface area contributed by atoms with Crippen molar-refractivity contribution in [1.29, 1.82) is 0 Å². The average Bonchev–Trinajstić information content (AvgIpc) is 2.46. The fourth-order valence-corrected chi connectivity index (χ4v) is 2.73. The van der Waals surface area contributed by atoms with Crippen molar-refractivity contribution in [2.45, 2.75) is 58.5 Å². The number of fused-ring (bicyclic) bond motifs is 1. The summed E-state index contributed by atoms with van der Waals surface area (Å²) in [7, 11) is 0. The predicted octanol–water partition coefficient (Wildman–Crippen LogP) is 2.60. The van der Waals surface area contributed by atoms with Crippen molar-refractivity contribution >= 4 is 17.6 Å². The van der Waals surface area contributed by atoms with Crippen LogP contribution in [0.5, 0.6) is 0 Å². The SMILES string of the molecule is CC(C)NC(=O)NC(=O)C(C)Nc1cccc2c1CCCC2. The Balaban J connectivity index is 1.98. The van der Waals surface area contributed by atoms with Crippen LogP contribution in [0.1, 0.15) is 44.7 Å². The molecular weight excluding hydrogens is 278 g/mol. The largest absolute Gasteiger partial charge is 0.374 e. The molecule has 5 heteroatoms. The first-order valence-electron chi connectivity index (χ1n) is 7.96. The number of anilines is 1. The summed E-state index contributed by atoms with van der Waals surface area (Å²) in [5, 5.41) is 8.24. The Hall–Kier alpha value is -2.04. The Morgan fingerprint density at radius 1 is 1.09 bits per heavy atom. The van der Waals surface area contributed by atoms with Crippen LogP contribution >= 0.6 is 0 Å². The second-order valence-corrected chi connectivity index (χ2v) is 6.13. The van der Waals surface area contributed by atoms with E-state index in [2.05, 4.69) is 22.0 Å². The normalized spacial score (nSPS) is 14.9. The predicted molar refractivity (Wildman–Crippen MR) is 88.0 cm³/mol. The molecule has 1 unspecified atom stereocenters. The van der Waals surface area contributed by atoms with Crippen LogP contribution in [0.3, 0.4) is 0 Å². The van der Waals surface area contributed by atoms with E-state index in [4.69, 9.17) is 0 Å². The lowest BCUT2D eigenvalue weighted by atomic mass is 9.90. The van der Waals surface area contributed by atoms with Gasteiger partial charge in [0.25, 0.3) is 0 Å². The van der Waals surface area contributed by atoms with Gasteiger partial charge in [0.05, 0.1) is 0 Å². The molecule has 0 aromatic heterocycles. The Morgan fingerprint density at radius 3 is 2.55 bits per heavy atom. The summed E-state index contributed by atoms with van der Waals surface area (Å²) in [6.45, 7) is 5.46. The molecule has 0 saturated carbocycles. The summed E-state index contributed by atoms with van der Waals surface area (Å²) >= 11 is 0. The Morgan fingerprint density at radius 2 is 1.82 bits per heavy atom. The van der Waals surface area contributed by atoms with Crippen LogP contribution in [0, 0.1) is 0 Å². The number of aryl methyl sites for hydroxylation is 1. The number of carbonyl (C=O) groups excluding carboxylic acids is 2. The molecule has 5 nitrogen and oxygen atoms in total. The number of imide groups is 1. The number of hydrogen-bond donors (Lipinski definition) is 3. The minimum Gasteiger partial charge on any atom is -0.374 e. The molecule has 3 N–H and O–H groups in total. The van der Waals surface area contributed by atoms with Gasteiger partial charge in [-0.3, -0.25) is 10.1 Å².